The summed E-state index contributed by atoms with van der Waals surface area (Å²) in [5.41, 5.74) is 0. The molecule has 1 unspecified atom stereocenters. The molecule has 0 aliphatic rings. The highest BCUT2D eigenvalue weighted by atomic mass is 19.4. The van der Waals surface area contributed by atoms with Crippen LogP contribution >= 0.6 is 0 Å². The van der Waals surface area contributed by atoms with Crippen LogP contribution in [0.1, 0.15) is 19.8 Å². The normalized spacial score (nSPS) is 13.8. The first-order chi connectivity index (χ1) is 6.38. The Bertz CT molecular complexity index is 182. The molecule has 0 spiro atoms. The topological polar surface area (TPSA) is 49.3 Å². The average Bonchev–Trinajstić information content (AvgIpc) is 2.09. The summed E-state index contributed by atoms with van der Waals surface area (Å²) in [4.78, 5) is 10.3. The van der Waals surface area contributed by atoms with Crippen LogP contribution in [0.25, 0.3) is 0 Å². The second kappa shape index (κ2) is 5.85. The van der Waals surface area contributed by atoms with E-state index in [4.69, 9.17) is 5.11 Å². The van der Waals surface area contributed by atoms with Gasteiger partial charge in [0.15, 0.2) is 0 Å². The van der Waals surface area contributed by atoms with Gasteiger partial charge in [0.25, 0.3) is 0 Å². The van der Waals surface area contributed by atoms with E-state index in [2.05, 4.69) is 0 Å². The van der Waals surface area contributed by atoms with Crippen molar-refractivity contribution >= 4 is 5.91 Å². The number of nitrogens with one attached hydrogen (secondary N) is 1. The van der Waals surface area contributed by atoms with E-state index in [1.165, 1.54) is 0 Å². The van der Waals surface area contributed by atoms with Gasteiger partial charge in [-0.25, -0.2) is 0 Å². The molecule has 0 aromatic carbocycles. The maximum Gasteiger partial charge on any atom is 0.471 e. The lowest BCUT2D eigenvalue weighted by molar-refractivity contribution is -0.173. The fourth-order valence-corrected chi connectivity index (χ4v) is 0.844. The number of carbonyl (C=O) groups excluding carboxylic acids is 1. The number of alkyl halides is 3. The minimum absolute atomic E-state index is 0.00716. The summed E-state index contributed by atoms with van der Waals surface area (Å²) in [6, 6.07) is 0. The van der Waals surface area contributed by atoms with E-state index in [1.54, 1.807) is 12.2 Å². The minimum Gasteiger partial charge on any atom is -0.396 e. The zero-order chi connectivity index (χ0) is 11.2. The monoisotopic (exact) mass is 213 g/mol. The number of hydrogen-bond acceptors (Lipinski definition) is 2. The van der Waals surface area contributed by atoms with Gasteiger partial charge in [-0.1, -0.05) is 6.92 Å². The highest BCUT2D eigenvalue weighted by Gasteiger charge is 2.38. The molecule has 0 saturated carbocycles. The maximum absolute atomic E-state index is 11.6. The number of amides is 1. The minimum atomic E-state index is -4.80. The molecule has 0 fully saturated rings. The van der Waals surface area contributed by atoms with Gasteiger partial charge in [-0.3, -0.25) is 4.79 Å². The average molecular weight is 213 g/mol. The Hall–Kier alpha value is -0.780. The zero-order valence-electron chi connectivity index (χ0n) is 7.90. The van der Waals surface area contributed by atoms with Crippen LogP contribution in [0.3, 0.4) is 0 Å². The number of rotatable bonds is 5. The smallest absolute Gasteiger partial charge is 0.396 e. The SMILES string of the molecule is CC(CO)CCCNC(=O)C(F)(F)F. The summed E-state index contributed by atoms with van der Waals surface area (Å²) >= 11 is 0. The number of hydrogen-bond donors (Lipinski definition) is 2. The van der Waals surface area contributed by atoms with Crippen LogP contribution in [-0.2, 0) is 4.79 Å². The van der Waals surface area contributed by atoms with Crippen molar-refractivity contribution in [2.45, 2.75) is 25.9 Å². The standard InChI is InChI=1S/C8H14F3NO2/c1-6(5-13)3-2-4-12-7(14)8(9,10)11/h6,13H,2-5H2,1H3,(H,12,14). The van der Waals surface area contributed by atoms with Crippen LogP contribution < -0.4 is 5.32 Å². The van der Waals surface area contributed by atoms with Crippen molar-refractivity contribution in [3.8, 4) is 0 Å². The Balaban J connectivity index is 3.51. The van der Waals surface area contributed by atoms with Crippen molar-refractivity contribution in [2.24, 2.45) is 5.92 Å². The van der Waals surface area contributed by atoms with Crippen LogP contribution in [-0.4, -0.2) is 30.3 Å². The second-order valence-corrected chi connectivity index (χ2v) is 3.18. The van der Waals surface area contributed by atoms with Gasteiger partial charge in [0.2, 0.25) is 0 Å². The van der Waals surface area contributed by atoms with Crippen molar-refractivity contribution < 1.29 is 23.1 Å². The molecule has 0 heterocycles. The van der Waals surface area contributed by atoms with Crippen LogP contribution in [0.5, 0.6) is 0 Å². The summed E-state index contributed by atoms with van der Waals surface area (Å²) in [7, 11) is 0. The summed E-state index contributed by atoms with van der Waals surface area (Å²) in [6.07, 6.45) is -3.78. The lowest BCUT2D eigenvalue weighted by Crippen LogP contribution is -2.37. The maximum atomic E-state index is 11.6. The summed E-state index contributed by atoms with van der Waals surface area (Å²) in [5.74, 6) is -1.85. The molecule has 0 radical (unpaired) electrons. The molecular weight excluding hydrogens is 199 g/mol. The predicted octanol–water partition coefficient (Wildman–Crippen LogP) is 1.07. The lowest BCUT2D eigenvalue weighted by atomic mass is 10.1. The molecular formula is C8H14F3NO2. The van der Waals surface area contributed by atoms with Gasteiger partial charge in [0, 0.05) is 13.2 Å². The van der Waals surface area contributed by atoms with Crippen LogP contribution in [0.2, 0.25) is 0 Å². The third kappa shape index (κ3) is 5.80. The first kappa shape index (κ1) is 13.2. The number of carbonyl (C=O) groups is 1. The molecule has 0 aromatic heterocycles. The molecule has 0 aliphatic heterocycles. The molecule has 0 rings (SSSR count). The molecule has 14 heavy (non-hydrogen) atoms. The van der Waals surface area contributed by atoms with Gasteiger partial charge in [-0.05, 0) is 18.8 Å². The van der Waals surface area contributed by atoms with Gasteiger partial charge in [-0.15, -0.1) is 0 Å². The molecule has 0 aliphatic carbocycles. The van der Waals surface area contributed by atoms with E-state index in [0.29, 0.717) is 12.8 Å². The van der Waals surface area contributed by atoms with Gasteiger partial charge in [-0.2, -0.15) is 13.2 Å². The molecule has 0 aromatic rings. The third-order valence-electron chi connectivity index (χ3n) is 1.73. The van der Waals surface area contributed by atoms with E-state index in [-0.39, 0.29) is 19.1 Å². The first-order valence-electron chi connectivity index (χ1n) is 4.33. The third-order valence-corrected chi connectivity index (χ3v) is 1.73. The van der Waals surface area contributed by atoms with E-state index < -0.39 is 12.1 Å². The molecule has 6 heteroatoms. The van der Waals surface area contributed by atoms with Crippen molar-refractivity contribution in [3.63, 3.8) is 0 Å². The van der Waals surface area contributed by atoms with Gasteiger partial charge < -0.3 is 10.4 Å². The highest BCUT2D eigenvalue weighted by molar-refractivity contribution is 5.81. The number of aliphatic hydroxyl groups excluding tert-OH is 1. The van der Waals surface area contributed by atoms with Gasteiger partial charge >= 0.3 is 12.1 Å². The van der Waals surface area contributed by atoms with Crippen molar-refractivity contribution in [3.05, 3.63) is 0 Å². The van der Waals surface area contributed by atoms with Crippen LogP contribution in [0.4, 0.5) is 13.2 Å². The summed E-state index contributed by atoms with van der Waals surface area (Å²) in [6.45, 7) is 1.78. The largest absolute Gasteiger partial charge is 0.471 e. The van der Waals surface area contributed by atoms with Crippen molar-refractivity contribution in [1.82, 2.24) is 5.32 Å². The second-order valence-electron chi connectivity index (χ2n) is 3.18. The summed E-state index contributed by atoms with van der Waals surface area (Å²) < 4.78 is 34.9. The quantitative estimate of drug-likeness (QED) is 0.671. The Morgan fingerprint density at radius 3 is 2.50 bits per heavy atom. The molecule has 0 saturated heterocycles. The Morgan fingerprint density at radius 2 is 2.07 bits per heavy atom. The molecule has 3 nitrogen and oxygen atoms in total. The lowest BCUT2D eigenvalue weighted by Gasteiger charge is -2.09. The Labute approximate surface area is 80.3 Å². The Kier molecular flexibility index (Phi) is 5.52. The van der Waals surface area contributed by atoms with Gasteiger partial charge in [0.05, 0.1) is 0 Å². The first-order valence-corrected chi connectivity index (χ1v) is 4.33. The number of aliphatic hydroxyl groups is 1. The number of halogens is 3. The van der Waals surface area contributed by atoms with E-state index in [9.17, 15) is 18.0 Å². The molecule has 2 N–H and O–H groups in total. The molecule has 1 amide bonds. The zero-order valence-corrected chi connectivity index (χ0v) is 7.90. The molecule has 1 atom stereocenters. The predicted molar refractivity (Wildman–Crippen MR) is 44.5 cm³/mol. The molecule has 84 valence electrons. The van der Waals surface area contributed by atoms with Gasteiger partial charge in [0.1, 0.15) is 0 Å². The fraction of sp³-hybridized carbons (Fsp3) is 0.875. The fourth-order valence-electron chi connectivity index (χ4n) is 0.844. The highest BCUT2D eigenvalue weighted by Crippen LogP contribution is 2.14. The van der Waals surface area contributed by atoms with E-state index >= 15 is 0 Å². The van der Waals surface area contributed by atoms with Crippen LogP contribution in [0.15, 0.2) is 0 Å². The Morgan fingerprint density at radius 1 is 1.50 bits per heavy atom. The van der Waals surface area contributed by atoms with Crippen LogP contribution in [0, 0.1) is 5.92 Å². The van der Waals surface area contributed by atoms with Crippen molar-refractivity contribution in [2.75, 3.05) is 13.2 Å². The van der Waals surface area contributed by atoms with Crippen molar-refractivity contribution in [1.29, 1.82) is 0 Å². The van der Waals surface area contributed by atoms with E-state index in [1.807, 2.05) is 0 Å². The summed E-state index contributed by atoms with van der Waals surface area (Å²) in [5, 5.41) is 10.4. The molecule has 0 bridgehead atoms. The van der Waals surface area contributed by atoms with E-state index in [0.717, 1.165) is 0 Å².